The molecule has 7 nitrogen and oxygen atoms in total. The van der Waals surface area contributed by atoms with Crippen LogP contribution in [0.5, 0.6) is 5.75 Å². The van der Waals surface area contributed by atoms with Crippen LogP contribution in [0, 0.1) is 0 Å². The van der Waals surface area contributed by atoms with Crippen molar-refractivity contribution in [3.05, 3.63) is 30.0 Å². The molecule has 0 spiro atoms. The number of benzene rings is 1. The number of nitrogens with one attached hydrogen (secondary N) is 3. The second-order valence-electron chi connectivity index (χ2n) is 7.29. The van der Waals surface area contributed by atoms with Crippen molar-refractivity contribution in [2.75, 3.05) is 44.7 Å². The standard InChI is InChI=1S/C20H26F3N5O2P/c1-6-9-24-17-16-13(20(21,22)23)11-25-18(16)28-19(27-17)26-14-8-7-12(10-15(14)29-2)31(4,5)30-3/h7-8,10-11H,6,9H2,1-5H3,(H3,24,25,26,27,28)/q+1. The van der Waals surface area contributed by atoms with Crippen molar-refractivity contribution >= 4 is 41.3 Å². The summed E-state index contributed by atoms with van der Waals surface area (Å²) in [7, 11) is 1.47. The Kier molecular flexibility index (Phi) is 6.62. The summed E-state index contributed by atoms with van der Waals surface area (Å²) in [6.07, 6.45) is -2.88. The van der Waals surface area contributed by atoms with Crippen LogP contribution in [0.25, 0.3) is 11.0 Å². The highest BCUT2D eigenvalue weighted by molar-refractivity contribution is 7.77. The summed E-state index contributed by atoms with van der Waals surface area (Å²) in [5.41, 5.74) is -0.128. The lowest BCUT2D eigenvalue weighted by atomic mass is 10.2. The molecule has 2 heterocycles. The van der Waals surface area contributed by atoms with Gasteiger partial charge in [0.2, 0.25) is 5.95 Å². The fourth-order valence-electron chi connectivity index (χ4n) is 3.03. The van der Waals surface area contributed by atoms with Crippen molar-refractivity contribution in [1.82, 2.24) is 15.0 Å². The van der Waals surface area contributed by atoms with Gasteiger partial charge in [-0.3, -0.25) is 0 Å². The van der Waals surface area contributed by atoms with E-state index in [1.54, 1.807) is 14.2 Å². The van der Waals surface area contributed by atoms with Gasteiger partial charge in [0, 0.05) is 18.8 Å². The molecule has 0 saturated heterocycles. The number of hydrogen-bond acceptors (Lipinski definition) is 6. The molecule has 0 aliphatic rings. The molecule has 3 N–H and O–H groups in total. The van der Waals surface area contributed by atoms with E-state index in [1.807, 2.05) is 38.5 Å². The number of aromatic nitrogens is 3. The first-order valence-corrected chi connectivity index (χ1v) is 12.3. The Morgan fingerprint density at radius 1 is 1.16 bits per heavy atom. The van der Waals surface area contributed by atoms with Crippen LogP contribution in [0.15, 0.2) is 24.4 Å². The third-order valence-corrected chi connectivity index (χ3v) is 7.32. The number of hydrogen-bond donors (Lipinski definition) is 3. The zero-order chi connectivity index (χ0) is 22.8. The third kappa shape index (κ3) is 4.85. The average molecular weight is 456 g/mol. The van der Waals surface area contributed by atoms with Crippen molar-refractivity contribution in [2.45, 2.75) is 19.5 Å². The highest BCUT2D eigenvalue weighted by Crippen LogP contribution is 2.51. The summed E-state index contributed by atoms with van der Waals surface area (Å²) in [4.78, 5) is 11.2. The van der Waals surface area contributed by atoms with Gasteiger partial charge in [0.25, 0.3) is 0 Å². The van der Waals surface area contributed by atoms with Gasteiger partial charge < -0.3 is 20.4 Å². The molecule has 0 fully saturated rings. The van der Waals surface area contributed by atoms with Crippen LogP contribution in [-0.2, 0) is 10.7 Å². The number of fused-ring (bicyclic) bond motifs is 1. The lowest BCUT2D eigenvalue weighted by Crippen LogP contribution is -2.12. The largest absolute Gasteiger partial charge is 0.494 e. The molecule has 11 heteroatoms. The number of H-pyrrole nitrogens is 1. The van der Waals surface area contributed by atoms with Gasteiger partial charge in [-0.05, 0) is 18.6 Å². The summed E-state index contributed by atoms with van der Waals surface area (Å²) < 4.78 is 51.4. The number of rotatable bonds is 8. The molecule has 31 heavy (non-hydrogen) atoms. The number of nitrogens with zero attached hydrogens (tertiary/aromatic N) is 2. The molecule has 2 aromatic heterocycles. The minimum atomic E-state index is -4.52. The van der Waals surface area contributed by atoms with Crippen LogP contribution in [0.4, 0.5) is 30.6 Å². The van der Waals surface area contributed by atoms with Gasteiger partial charge in [0.1, 0.15) is 22.5 Å². The second-order valence-corrected chi connectivity index (χ2v) is 10.9. The molecule has 0 aliphatic heterocycles. The molecule has 0 amide bonds. The Hall–Kier alpha value is -2.58. The van der Waals surface area contributed by atoms with Crippen molar-refractivity contribution in [2.24, 2.45) is 0 Å². The second kappa shape index (κ2) is 8.88. The molecule has 0 radical (unpaired) electrons. The predicted octanol–water partition coefficient (Wildman–Crippen LogP) is 5.01. The molecule has 3 aromatic rings. The normalized spacial score (nSPS) is 12.3. The lowest BCUT2D eigenvalue weighted by molar-refractivity contribution is -0.136. The van der Waals surface area contributed by atoms with Gasteiger partial charge >= 0.3 is 6.18 Å². The van der Waals surface area contributed by atoms with Crippen LogP contribution >= 0.6 is 7.49 Å². The maximum atomic E-state index is 13.4. The summed E-state index contributed by atoms with van der Waals surface area (Å²) in [5, 5.41) is 6.96. The highest BCUT2D eigenvalue weighted by atomic mass is 31.2. The first kappa shape index (κ1) is 23.1. The van der Waals surface area contributed by atoms with E-state index in [9.17, 15) is 13.2 Å². The van der Waals surface area contributed by atoms with Crippen LogP contribution < -0.4 is 20.7 Å². The van der Waals surface area contributed by atoms with Crippen LogP contribution in [0.3, 0.4) is 0 Å². The molecule has 0 aliphatic carbocycles. The Morgan fingerprint density at radius 2 is 1.90 bits per heavy atom. The van der Waals surface area contributed by atoms with E-state index in [-0.39, 0.29) is 22.8 Å². The molecule has 0 saturated carbocycles. The van der Waals surface area contributed by atoms with E-state index in [0.717, 1.165) is 17.9 Å². The minimum absolute atomic E-state index is 0.0829. The van der Waals surface area contributed by atoms with Gasteiger partial charge in [0.15, 0.2) is 7.49 Å². The van der Waals surface area contributed by atoms with Gasteiger partial charge in [-0.1, -0.05) is 6.92 Å². The summed E-state index contributed by atoms with van der Waals surface area (Å²) in [6, 6.07) is 5.62. The quantitative estimate of drug-likeness (QED) is 0.413. The van der Waals surface area contributed by atoms with E-state index >= 15 is 0 Å². The summed E-state index contributed by atoms with van der Waals surface area (Å²) in [6.45, 7) is 6.48. The van der Waals surface area contributed by atoms with Crippen LogP contribution in [0.1, 0.15) is 18.9 Å². The van der Waals surface area contributed by atoms with Crippen LogP contribution in [0.2, 0.25) is 0 Å². The van der Waals surface area contributed by atoms with Gasteiger partial charge in [0.05, 0.1) is 44.2 Å². The number of ether oxygens (including phenoxy) is 1. The zero-order valence-corrected chi connectivity index (χ0v) is 18.9. The molecule has 0 unspecified atom stereocenters. The fraction of sp³-hybridized carbons (Fsp3) is 0.400. The van der Waals surface area contributed by atoms with Gasteiger partial charge in [-0.2, -0.15) is 23.1 Å². The lowest BCUT2D eigenvalue weighted by Gasteiger charge is -2.17. The monoisotopic (exact) mass is 456 g/mol. The number of anilines is 3. The average Bonchev–Trinajstić information content (AvgIpc) is 3.16. The van der Waals surface area contributed by atoms with E-state index in [2.05, 4.69) is 25.6 Å². The summed E-state index contributed by atoms with van der Waals surface area (Å²) >= 11 is 0. The molecule has 168 valence electrons. The van der Waals surface area contributed by atoms with E-state index in [1.165, 1.54) is 0 Å². The van der Waals surface area contributed by atoms with Gasteiger partial charge in [-0.15, -0.1) is 0 Å². The Morgan fingerprint density at radius 3 is 2.52 bits per heavy atom. The van der Waals surface area contributed by atoms with Crippen molar-refractivity contribution < 1.29 is 22.4 Å². The number of methoxy groups -OCH3 is 1. The maximum Gasteiger partial charge on any atom is 0.418 e. The van der Waals surface area contributed by atoms with Crippen molar-refractivity contribution in [3.63, 3.8) is 0 Å². The van der Waals surface area contributed by atoms with Gasteiger partial charge in [-0.25, -0.2) is 4.52 Å². The third-order valence-electron chi connectivity index (χ3n) is 4.89. The van der Waals surface area contributed by atoms with Crippen LogP contribution in [-0.4, -0.2) is 49.0 Å². The number of halogens is 3. The Balaban J connectivity index is 2.04. The molecular weight excluding hydrogens is 430 g/mol. The molecule has 0 bridgehead atoms. The first-order valence-electron chi connectivity index (χ1n) is 9.66. The smallest absolute Gasteiger partial charge is 0.418 e. The van der Waals surface area contributed by atoms with Crippen molar-refractivity contribution in [3.8, 4) is 5.75 Å². The topological polar surface area (TPSA) is 84.1 Å². The van der Waals surface area contributed by atoms with E-state index in [0.29, 0.717) is 18.0 Å². The predicted molar refractivity (Wildman–Crippen MR) is 119 cm³/mol. The molecule has 3 rings (SSSR count). The van der Waals surface area contributed by atoms with E-state index < -0.39 is 19.2 Å². The highest BCUT2D eigenvalue weighted by Gasteiger charge is 2.35. The number of aromatic amines is 1. The first-order chi connectivity index (χ1) is 14.6. The summed E-state index contributed by atoms with van der Waals surface area (Å²) in [5.74, 6) is 0.815. The zero-order valence-electron chi connectivity index (χ0n) is 18.0. The van der Waals surface area contributed by atoms with Crippen molar-refractivity contribution in [1.29, 1.82) is 0 Å². The molecular formula is C20H26F3N5O2P+. The molecule has 1 aromatic carbocycles. The maximum absolute atomic E-state index is 13.4. The molecule has 0 atom stereocenters. The SMILES string of the molecule is CCCNc1nc(Nc2ccc([P+](C)(C)OC)cc2OC)nc2[nH]cc(C(F)(F)F)c12. The fourth-order valence-corrected chi connectivity index (χ4v) is 4.10. The Labute approximate surface area is 179 Å². The Bertz CT molecular complexity index is 1070. The minimum Gasteiger partial charge on any atom is -0.494 e. The number of alkyl halides is 3. The van der Waals surface area contributed by atoms with E-state index in [4.69, 9.17) is 9.26 Å².